The quantitative estimate of drug-likeness (QED) is 0.665. The van der Waals surface area contributed by atoms with E-state index in [1.807, 2.05) is 67.7 Å². The summed E-state index contributed by atoms with van der Waals surface area (Å²) in [5.74, 6) is 0.310. The first kappa shape index (κ1) is 16.6. The van der Waals surface area contributed by atoms with Crippen LogP contribution in [0.5, 0.6) is 0 Å². The normalized spacial score (nSPS) is 10.3. The summed E-state index contributed by atoms with van der Waals surface area (Å²) in [5, 5.41) is 8.19. The highest BCUT2D eigenvalue weighted by atomic mass is 16.5. The Morgan fingerprint density at radius 3 is 2.28 bits per heavy atom. The average Bonchev–Trinajstić information content (AvgIpc) is 2.68. The number of esters is 1. The van der Waals surface area contributed by atoms with Crippen LogP contribution in [0.1, 0.15) is 17.4 Å². The van der Waals surface area contributed by atoms with Gasteiger partial charge in [-0.1, -0.05) is 48.5 Å². The maximum atomic E-state index is 12.3. The molecule has 0 aliphatic rings. The Labute approximate surface area is 146 Å². The van der Waals surface area contributed by atoms with Gasteiger partial charge in [0.2, 0.25) is 5.69 Å². The van der Waals surface area contributed by atoms with Crippen LogP contribution >= 0.6 is 0 Å². The number of anilines is 2. The van der Waals surface area contributed by atoms with Gasteiger partial charge in [-0.25, -0.2) is 9.78 Å². The first-order valence-electron chi connectivity index (χ1n) is 7.96. The predicted octanol–water partition coefficient (Wildman–Crippen LogP) is 3.48. The third-order valence-electron chi connectivity index (χ3n) is 3.63. The maximum Gasteiger partial charge on any atom is 0.362 e. The van der Waals surface area contributed by atoms with Crippen LogP contribution in [-0.4, -0.2) is 34.8 Å². The van der Waals surface area contributed by atoms with Crippen molar-refractivity contribution in [3.63, 3.8) is 0 Å². The smallest absolute Gasteiger partial charge is 0.362 e. The van der Waals surface area contributed by atoms with Crippen LogP contribution in [0, 0.1) is 0 Å². The highest BCUT2D eigenvalue weighted by Gasteiger charge is 2.22. The van der Waals surface area contributed by atoms with E-state index < -0.39 is 5.97 Å². The van der Waals surface area contributed by atoms with E-state index >= 15 is 0 Å². The largest absolute Gasteiger partial charge is 0.461 e. The summed E-state index contributed by atoms with van der Waals surface area (Å²) in [4.78, 5) is 18.6. The molecule has 0 N–H and O–H groups in total. The van der Waals surface area contributed by atoms with E-state index in [-0.39, 0.29) is 12.3 Å². The summed E-state index contributed by atoms with van der Waals surface area (Å²) < 4.78 is 5.09. The van der Waals surface area contributed by atoms with Gasteiger partial charge in [0.25, 0.3) is 0 Å². The highest BCUT2D eigenvalue weighted by Crippen LogP contribution is 2.26. The molecule has 0 fully saturated rings. The van der Waals surface area contributed by atoms with Gasteiger partial charge in [-0.2, -0.15) is 0 Å². The van der Waals surface area contributed by atoms with Crippen LogP contribution in [0.4, 0.5) is 11.5 Å². The molecule has 0 bridgehead atoms. The minimum atomic E-state index is -0.542. The molecule has 0 aliphatic carbocycles. The van der Waals surface area contributed by atoms with Crippen LogP contribution < -0.4 is 4.90 Å². The number of nitrogens with zero attached hydrogens (tertiary/aromatic N) is 4. The van der Waals surface area contributed by atoms with E-state index in [0.29, 0.717) is 11.6 Å². The molecule has 3 rings (SSSR count). The van der Waals surface area contributed by atoms with E-state index in [0.717, 1.165) is 11.3 Å². The Morgan fingerprint density at radius 1 is 1.00 bits per heavy atom. The molecule has 6 heteroatoms. The van der Waals surface area contributed by atoms with Crippen LogP contribution in [0.3, 0.4) is 0 Å². The molecule has 25 heavy (non-hydrogen) atoms. The molecule has 0 saturated heterocycles. The molecule has 0 atom stereocenters. The van der Waals surface area contributed by atoms with Gasteiger partial charge in [0.15, 0.2) is 11.6 Å². The van der Waals surface area contributed by atoms with Crippen molar-refractivity contribution in [1.29, 1.82) is 0 Å². The van der Waals surface area contributed by atoms with Crippen LogP contribution in [0.15, 0.2) is 60.7 Å². The second-order valence-electron chi connectivity index (χ2n) is 5.29. The molecule has 0 saturated carbocycles. The van der Waals surface area contributed by atoms with Crippen LogP contribution in [0.25, 0.3) is 11.4 Å². The van der Waals surface area contributed by atoms with Crippen molar-refractivity contribution < 1.29 is 9.53 Å². The van der Waals surface area contributed by atoms with E-state index in [1.165, 1.54) is 0 Å². The first-order valence-corrected chi connectivity index (χ1v) is 7.96. The second-order valence-corrected chi connectivity index (χ2v) is 5.29. The van der Waals surface area contributed by atoms with Gasteiger partial charge >= 0.3 is 5.97 Å². The molecule has 1 heterocycles. The fraction of sp³-hybridized carbons (Fsp3) is 0.158. The summed E-state index contributed by atoms with van der Waals surface area (Å²) in [6.45, 7) is 2.01. The van der Waals surface area contributed by atoms with Crippen LogP contribution in [0.2, 0.25) is 0 Å². The Balaban J connectivity index is 2.09. The molecule has 0 spiro atoms. The summed E-state index contributed by atoms with van der Waals surface area (Å²) >= 11 is 0. The molecule has 3 aromatic rings. The zero-order chi connectivity index (χ0) is 17.6. The summed E-state index contributed by atoms with van der Waals surface area (Å²) in [6.07, 6.45) is 0. The topological polar surface area (TPSA) is 68.2 Å². The Morgan fingerprint density at radius 2 is 1.64 bits per heavy atom. The SMILES string of the molecule is CCOC(=O)c1nnc(-c2ccccc2)nc1N(C)c1ccccc1. The number of hydrogen-bond acceptors (Lipinski definition) is 6. The maximum absolute atomic E-state index is 12.3. The van der Waals surface area contributed by atoms with Crippen molar-refractivity contribution >= 4 is 17.5 Å². The van der Waals surface area contributed by atoms with Crippen LogP contribution in [-0.2, 0) is 4.74 Å². The van der Waals surface area contributed by atoms with Crippen molar-refractivity contribution in [1.82, 2.24) is 15.2 Å². The third-order valence-corrected chi connectivity index (χ3v) is 3.63. The minimum absolute atomic E-state index is 0.0906. The number of para-hydroxylation sites is 1. The van der Waals surface area contributed by atoms with Gasteiger partial charge < -0.3 is 9.64 Å². The fourth-order valence-corrected chi connectivity index (χ4v) is 2.37. The summed E-state index contributed by atoms with van der Waals surface area (Å²) in [6, 6.07) is 19.1. The molecular formula is C19H18N4O2. The van der Waals surface area contributed by atoms with Gasteiger partial charge in [-0.15, -0.1) is 10.2 Å². The number of carbonyl (C=O) groups is 1. The molecule has 0 radical (unpaired) electrons. The summed E-state index contributed by atoms with van der Waals surface area (Å²) in [5.41, 5.74) is 1.80. The second kappa shape index (κ2) is 7.53. The molecular weight excluding hydrogens is 316 g/mol. The molecule has 6 nitrogen and oxygen atoms in total. The number of aromatic nitrogens is 3. The molecule has 0 aliphatic heterocycles. The van der Waals surface area contributed by atoms with Crippen molar-refractivity contribution in [3.05, 3.63) is 66.4 Å². The van der Waals surface area contributed by atoms with E-state index in [9.17, 15) is 4.79 Å². The van der Waals surface area contributed by atoms with E-state index in [1.54, 1.807) is 11.8 Å². The fourth-order valence-electron chi connectivity index (χ4n) is 2.37. The molecule has 1 aromatic heterocycles. The lowest BCUT2D eigenvalue weighted by Gasteiger charge is -2.20. The Hall–Kier alpha value is -3.28. The predicted molar refractivity (Wildman–Crippen MR) is 95.7 cm³/mol. The van der Waals surface area contributed by atoms with Gasteiger partial charge in [-0.05, 0) is 19.1 Å². The Kier molecular flexibility index (Phi) is 4.99. The van der Waals surface area contributed by atoms with Gasteiger partial charge in [0.1, 0.15) is 0 Å². The average molecular weight is 334 g/mol. The van der Waals surface area contributed by atoms with Crippen molar-refractivity contribution in [2.45, 2.75) is 6.92 Å². The lowest BCUT2D eigenvalue weighted by atomic mass is 10.2. The Bertz CT molecular complexity index is 854. The summed E-state index contributed by atoms with van der Waals surface area (Å²) in [7, 11) is 1.83. The molecule has 0 unspecified atom stereocenters. The molecule has 2 aromatic carbocycles. The minimum Gasteiger partial charge on any atom is -0.461 e. The number of rotatable bonds is 5. The highest BCUT2D eigenvalue weighted by molar-refractivity contribution is 5.93. The number of hydrogen-bond donors (Lipinski definition) is 0. The monoisotopic (exact) mass is 334 g/mol. The third kappa shape index (κ3) is 3.63. The lowest BCUT2D eigenvalue weighted by Crippen LogP contribution is -2.20. The van der Waals surface area contributed by atoms with Crippen molar-refractivity contribution in [2.24, 2.45) is 0 Å². The molecule has 126 valence electrons. The number of carbonyl (C=O) groups excluding carboxylic acids is 1. The first-order chi connectivity index (χ1) is 12.2. The van der Waals surface area contributed by atoms with Gasteiger partial charge in [0, 0.05) is 18.3 Å². The van der Waals surface area contributed by atoms with E-state index in [2.05, 4.69) is 15.2 Å². The van der Waals surface area contributed by atoms with Crippen molar-refractivity contribution in [3.8, 4) is 11.4 Å². The van der Waals surface area contributed by atoms with Crippen molar-refractivity contribution in [2.75, 3.05) is 18.6 Å². The molecule has 0 amide bonds. The number of benzene rings is 2. The lowest BCUT2D eigenvalue weighted by molar-refractivity contribution is 0.0518. The standard InChI is InChI=1S/C19H18N4O2/c1-3-25-19(24)16-18(23(2)15-12-8-5-9-13-15)20-17(22-21-16)14-10-6-4-7-11-14/h4-13H,3H2,1-2H3. The zero-order valence-corrected chi connectivity index (χ0v) is 14.1. The zero-order valence-electron chi connectivity index (χ0n) is 14.1. The van der Waals surface area contributed by atoms with Gasteiger partial charge in [-0.3, -0.25) is 0 Å². The van der Waals surface area contributed by atoms with Gasteiger partial charge in [0.05, 0.1) is 6.61 Å². The van der Waals surface area contributed by atoms with E-state index in [4.69, 9.17) is 4.74 Å². The number of ether oxygens (including phenoxy) is 1.